The first-order valence-corrected chi connectivity index (χ1v) is 13.3. The first kappa shape index (κ1) is 26.1. The maximum absolute atomic E-state index is 13.3. The number of aliphatic hydroxyl groups excluding tert-OH is 2. The normalized spacial score (nSPS) is 45.2. The third-order valence-corrected chi connectivity index (χ3v) is 11.3. The lowest BCUT2D eigenvalue weighted by atomic mass is 9.46. The average Bonchev–Trinajstić information content (AvgIpc) is 3.04. The van der Waals surface area contributed by atoms with Gasteiger partial charge in [0.1, 0.15) is 0 Å². The van der Waals surface area contributed by atoms with E-state index in [0.717, 1.165) is 37.7 Å². The van der Waals surface area contributed by atoms with Crippen LogP contribution in [0.1, 0.15) is 86.5 Å². The molecule has 4 rings (SSSR count). The Kier molecular flexibility index (Phi) is 6.33. The number of ketones is 1. The highest BCUT2D eigenvalue weighted by Gasteiger charge is 2.66. The molecule has 2 unspecified atom stereocenters. The Morgan fingerprint density at radius 2 is 1.79 bits per heavy atom. The lowest BCUT2D eigenvalue weighted by Crippen LogP contribution is -2.59. The van der Waals surface area contributed by atoms with E-state index in [4.69, 9.17) is 0 Å². The minimum absolute atomic E-state index is 0.0884. The smallest absolute Gasteiger partial charge is 0.159 e. The Morgan fingerprint density at radius 3 is 2.41 bits per heavy atom. The molecule has 0 aromatic rings. The van der Waals surface area contributed by atoms with Crippen LogP contribution < -0.4 is 0 Å². The van der Waals surface area contributed by atoms with Gasteiger partial charge in [-0.25, -0.2) is 0 Å². The van der Waals surface area contributed by atoms with Crippen molar-refractivity contribution in [2.45, 2.75) is 104 Å². The van der Waals surface area contributed by atoms with Crippen molar-refractivity contribution in [3.8, 4) is 0 Å². The number of aliphatic hydroxyl groups is 4. The maximum Gasteiger partial charge on any atom is 0.159 e. The molecule has 0 aromatic carbocycles. The van der Waals surface area contributed by atoms with Crippen LogP contribution in [0.3, 0.4) is 0 Å². The summed E-state index contributed by atoms with van der Waals surface area (Å²) >= 11 is 0. The van der Waals surface area contributed by atoms with Gasteiger partial charge in [-0.3, -0.25) is 4.79 Å². The fraction of sp³-hybridized carbons (Fsp3) is 0.828. The average molecular weight is 475 g/mol. The molecule has 0 heterocycles. The van der Waals surface area contributed by atoms with Crippen LogP contribution in [0.15, 0.2) is 23.8 Å². The Bertz CT molecular complexity index is 885. The highest BCUT2D eigenvalue weighted by Crippen LogP contribution is 2.68. The number of fused-ring (bicyclic) bond motifs is 5. The van der Waals surface area contributed by atoms with Gasteiger partial charge in [-0.15, -0.1) is 0 Å². The van der Waals surface area contributed by atoms with E-state index in [2.05, 4.69) is 26.8 Å². The number of rotatable bonds is 5. The van der Waals surface area contributed by atoms with E-state index in [-0.39, 0.29) is 46.9 Å². The molecule has 3 fully saturated rings. The topological polar surface area (TPSA) is 98.0 Å². The zero-order valence-electron chi connectivity index (χ0n) is 22.0. The van der Waals surface area contributed by atoms with Gasteiger partial charge in [0.2, 0.25) is 0 Å². The molecule has 4 N–H and O–H groups in total. The Balaban J connectivity index is 1.64. The van der Waals surface area contributed by atoms with Crippen molar-refractivity contribution in [2.24, 2.45) is 39.9 Å². The van der Waals surface area contributed by atoms with E-state index in [1.165, 1.54) is 0 Å². The molecule has 5 nitrogen and oxygen atoms in total. The number of carbonyl (C=O) groups is 1. The van der Waals surface area contributed by atoms with Crippen molar-refractivity contribution in [3.63, 3.8) is 0 Å². The molecule has 0 saturated heterocycles. The first-order chi connectivity index (χ1) is 15.6. The predicted octanol–water partition coefficient (Wildman–Crippen LogP) is 4.18. The van der Waals surface area contributed by atoms with Crippen LogP contribution in [0.2, 0.25) is 0 Å². The van der Waals surface area contributed by atoms with Crippen LogP contribution in [0.25, 0.3) is 0 Å². The Hall–Kier alpha value is -1.01. The van der Waals surface area contributed by atoms with Gasteiger partial charge >= 0.3 is 0 Å². The summed E-state index contributed by atoms with van der Waals surface area (Å²) in [6.45, 7) is 11.8. The number of hydrogen-bond acceptors (Lipinski definition) is 5. The molecule has 0 aromatic heterocycles. The fourth-order valence-electron chi connectivity index (χ4n) is 8.15. The zero-order chi connectivity index (χ0) is 25.3. The summed E-state index contributed by atoms with van der Waals surface area (Å²) in [5, 5.41) is 43.1. The van der Waals surface area contributed by atoms with Crippen molar-refractivity contribution in [3.05, 3.63) is 23.8 Å². The lowest BCUT2D eigenvalue weighted by Gasteiger charge is -2.59. The van der Waals surface area contributed by atoms with E-state index in [1.54, 1.807) is 19.9 Å². The van der Waals surface area contributed by atoms with E-state index < -0.39 is 22.7 Å². The van der Waals surface area contributed by atoms with Gasteiger partial charge < -0.3 is 20.4 Å². The standard InChI is InChI=1S/C29H46O5/c1-18(7-11-26(4,17-30)25(2,3)33)20-10-14-29(34)22-16-24(32)23-15-19(31)8-12-27(23,5)21(22)9-13-28(20,29)6/h7,11,16,18-21,23,30-31,33-34H,8-10,12-15,17H2,1-6H3/t18-,19?,20-,21+,23?,26+,27-,28-,29-/m1/s1. The van der Waals surface area contributed by atoms with Crippen molar-refractivity contribution in [1.29, 1.82) is 0 Å². The largest absolute Gasteiger partial charge is 0.395 e. The molecule has 3 saturated carbocycles. The van der Waals surface area contributed by atoms with E-state index >= 15 is 0 Å². The molecule has 9 atom stereocenters. The highest BCUT2D eigenvalue weighted by atomic mass is 16.3. The van der Waals surface area contributed by atoms with Crippen LogP contribution in [-0.2, 0) is 4.79 Å². The molecular weight excluding hydrogens is 428 g/mol. The molecule has 192 valence electrons. The molecule has 5 heteroatoms. The highest BCUT2D eigenvalue weighted by molar-refractivity contribution is 5.95. The van der Waals surface area contributed by atoms with Gasteiger partial charge in [-0.1, -0.05) is 39.8 Å². The zero-order valence-corrected chi connectivity index (χ0v) is 22.0. The summed E-state index contributed by atoms with van der Waals surface area (Å²) < 4.78 is 0. The minimum atomic E-state index is -1.05. The Morgan fingerprint density at radius 1 is 1.12 bits per heavy atom. The van der Waals surface area contributed by atoms with E-state index in [0.29, 0.717) is 12.8 Å². The van der Waals surface area contributed by atoms with Crippen LogP contribution >= 0.6 is 0 Å². The summed E-state index contributed by atoms with van der Waals surface area (Å²) in [6.07, 6.45) is 11.0. The quantitative estimate of drug-likeness (QED) is 0.448. The summed E-state index contributed by atoms with van der Waals surface area (Å²) in [6, 6.07) is 0. The van der Waals surface area contributed by atoms with E-state index in [9.17, 15) is 25.2 Å². The second kappa shape index (κ2) is 8.26. The second-order valence-corrected chi connectivity index (χ2v) is 13.4. The first-order valence-electron chi connectivity index (χ1n) is 13.3. The summed E-state index contributed by atoms with van der Waals surface area (Å²) in [4.78, 5) is 13.3. The fourth-order valence-corrected chi connectivity index (χ4v) is 8.15. The molecule has 4 aliphatic rings. The molecule has 0 radical (unpaired) electrons. The number of allylic oxidation sites excluding steroid dienone is 2. The SMILES string of the molecule is C[C@H](C=C[C@@](C)(CO)C(C)(C)O)[C@H]1CC[C@@]2(O)C3=CC(=O)C4CC(O)CC[C@]4(C)[C@H]3CC[C@]12C. The molecular formula is C29H46O5. The lowest BCUT2D eigenvalue weighted by molar-refractivity contribution is -0.140. The van der Waals surface area contributed by atoms with Crippen molar-refractivity contribution in [2.75, 3.05) is 6.61 Å². The molecule has 0 spiro atoms. The van der Waals surface area contributed by atoms with Gasteiger partial charge in [0.25, 0.3) is 0 Å². The Labute approximate surface area is 205 Å². The number of hydrogen-bond donors (Lipinski definition) is 4. The van der Waals surface area contributed by atoms with Gasteiger partial charge in [0.05, 0.1) is 23.9 Å². The second-order valence-electron chi connectivity index (χ2n) is 13.4. The summed E-state index contributed by atoms with van der Waals surface area (Å²) in [5.41, 5.74) is -2.35. The maximum atomic E-state index is 13.3. The van der Waals surface area contributed by atoms with Crippen LogP contribution in [0.5, 0.6) is 0 Å². The van der Waals surface area contributed by atoms with Gasteiger partial charge in [0, 0.05) is 16.7 Å². The monoisotopic (exact) mass is 474 g/mol. The predicted molar refractivity (Wildman–Crippen MR) is 133 cm³/mol. The molecule has 0 amide bonds. The minimum Gasteiger partial charge on any atom is -0.395 e. The molecule has 0 aliphatic heterocycles. The summed E-state index contributed by atoms with van der Waals surface area (Å²) in [5.74, 6) is 0.546. The van der Waals surface area contributed by atoms with E-state index in [1.807, 2.05) is 13.0 Å². The van der Waals surface area contributed by atoms with Crippen LogP contribution in [0.4, 0.5) is 0 Å². The molecule has 34 heavy (non-hydrogen) atoms. The molecule has 4 aliphatic carbocycles. The summed E-state index contributed by atoms with van der Waals surface area (Å²) in [7, 11) is 0. The van der Waals surface area contributed by atoms with Crippen LogP contribution in [0, 0.1) is 39.9 Å². The van der Waals surface area contributed by atoms with Gasteiger partial charge in [-0.05, 0) is 93.6 Å². The van der Waals surface area contributed by atoms with Crippen molar-refractivity contribution < 1.29 is 25.2 Å². The van der Waals surface area contributed by atoms with Crippen molar-refractivity contribution in [1.82, 2.24) is 0 Å². The van der Waals surface area contributed by atoms with Crippen LogP contribution in [-0.4, -0.2) is 50.1 Å². The van der Waals surface area contributed by atoms with Gasteiger partial charge in [0.15, 0.2) is 5.78 Å². The van der Waals surface area contributed by atoms with Gasteiger partial charge in [-0.2, -0.15) is 0 Å². The molecule has 0 bridgehead atoms. The number of carbonyl (C=O) groups excluding carboxylic acids is 1. The third-order valence-electron chi connectivity index (χ3n) is 11.3. The van der Waals surface area contributed by atoms with Crippen molar-refractivity contribution >= 4 is 5.78 Å². The third kappa shape index (κ3) is 3.60.